The number of fused-ring (bicyclic) bond motifs is 1. The number of aliphatic hydroxyl groups is 1. The van der Waals surface area contributed by atoms with Gasteiger partial charge in [-0.15, -0.1) is 0 Å². The fourth-order valence-corrected chi connectivity index (χ4v) is 3.92. The highest BCUT2D eigenvalue weighted by Gasteiger charge is 2.46. The van der Waals surface area contributed by atoms with E-state index in [1.807, 2.05) is 43.3 Å². The molecule has 1 aromatic heterocycles. The highest BCUT2D eigenvalue weighted by Crippen LogP contribution is 2.38. The first-order valence-corrected chi connectivity index (χ1v) is 10.3. The van der Waals surface area contributed by atoms with Crippen molar-refractivity contribution >= 4 is 28.2 Å². The number of aliphatic hydroxyl groups excluding tert-OH is 1. The fourth-order valence-electron chi connectivity index (χ4n) is 3.92. The molecule has 0 saturated carbocycles. The largest absolute Gasteiger partial charge is 0.507 e. The third-order valence-corrected chi connectivity index (χ3v) is 5.62. The van der Waals surface area contributed by atoms with Gasteiger partial charge in [0.2, 0.25) is 0 Å². The first-order chi connectivity index (χ1) is 15.4. The average Bonchev–Trinajstić information content (AvgIpc) is 3.06. The Balaban J connectivity index is 1.83. The number of ketones is 1. The monoisotopic (exact) mass is 431 g/mol. The molecule has 0 bridgehead atoms. The third-order valence-electron chi connectivity index (χ3n) is 5.62. The minimum absolute atomic E-state index is 0.0558. The number of Topliss-reactive ketones (excluding diaryl/α,β-unsaturated/α-hetero) is 1. The van der Waals surface area contributed by atoms with Gasteiger partial charge in [-0.2, -0.15) is 0 Å². The molecule has 3 aromatic rings. The van der Waals surface area contributed by atoms with E-state index in [1.165, 1.54) is 4.90 Å². The lowest BCUT2D eigenvalue weighted by Gasteiger charge is -2.25. The maximum absolute atomic E-state index is 13.0. The van der Waals surface area contributed by atoms with Crippen molar-refractivity contribution in [1.29, 1.82) is 0 Å². The van der Waals surface area contributed by atoms with Crippen molar-refractivity contribution in [3.63, 3.8) is 0 Å². The van der Waals surface area contributed by atoms with Gasteiger partial charge in [0.1, 0.15) is 17.6 Å². The van der Waals surface area contributed by atoms with Crippen LogP contribution in [0.5, 0.6) is 5.75 Å². The zero-order chi connectivity index (χ0) is 22.8. The molecular weight excluding hydrogens is 406 g/mol. The number of likely N-dealkylation sites (N-methyl/N-ethyl adjacent to an activating group) is 1. The first kappa shape index (κ1) is 21.5. The number of carbonyl (C=O) groups is 2. The number of rotatable bonds is 6. The molecule has 1 saturated heterocycles. The predicted molar refractivity (Wildman–Crippen MR) is 122 cm³/mol. The van der Waals surface area contributed by atoms with Crippen LogP contribution in [-0.2, 0) is 9.59 Å². The standard InChI is InChI=1S/C25H25N3O4/c1-27(2)12-13-28-22(20-6-4-5-11-26-20)21(24(30)25(28)31)23(29)18-8-7-17-15-19(32-3)10-9-16(17)14-18/h4-11,14-15,22,29H,12-13H2,1-3H3/b23-21+. The summed E-state index contributed by atoms with van der Waals surface area (Å²) < 4.78 is 5.26. The van der Waals surface area contributed by atoms with E-state index in [0.717, 1.165) is 16.5 Å². The third kappa shape index (κ3) is 3.94. The number of benzene rings is 2. The summed E-state index contributed by atoms with van der Waals surface area (Å²) in [5.74, 6) is -0.804. The van der Waals surface area contributed by atoms with Crippen molar-refractivity contribution in [3.8, 4) is 5.75 Å². The molecule has 0 spiro atoms. The van der Waals surface area contributed by atoms with Crippen LogP contribution in [0.15, 0.2) is 66.4 Å². The minimum Gasteiger partial charge on any atom is -0.507 e. The first-order valence-electron chi connectivity index (χ1n) is 10.3. The number of carbonyl (C=O) groups excluding carboxylic acids is 2. The number of amides is 1. The number of methoxy groups -OCH3 is 1. The number of hydrogen-bond donors (Lipinski definition) is 1. The molecule has 0 aliphatic carbocycles. The molecule has 1 N–H and O–H groups in total. The van der Waals surface area contributed by atoms with Crippen molar-refractivity contribution in [1.82, 2.24) is 14.8 Å². The van der Waals surface area contributed by atoms with Gasteiger partial charge in [-0.1, -0.05) is 24.3 Å². The Bertz CT molecular complexity index is 1200. The van der Waals surface area contributed by atoms with Gasteiger partial charge in [-0.3, -0.25) is 14.6 Å². The second kappa shape index (κ2) is 8.80. The lowest BCUT2D eigenvalue weighted by Crippen LogP contribution is -2.35. The van der Waals surface area contributed by atoms with Gasteiger partial charge in [0, 0.05) is 24.8 Å². The summed E-state index contributed by atoms with van der Waals surface area (Å²) in [6.45, 7) is 0.918. The highest BCUT2D eigenvalue weighted by atomic mass is 16.5. The summed E-state index contributed by atoms with van der Waals surface area (Å²) in [6, 6.07) is 15.6. The molecule has 7 heteroatoms. The van der Waals surface area contributed by atoms with Crippen molar-refractivity contribution in [2.75, 3.05) is 34.3 Å². The molecule has 4 rings (SSSR count). The van der Waals surface area contributed by atoms with Gasteiger partial charge in [0.25, 0.3) is 11.7 Å². The fraction of sp³-hybridized carbons (Fsp3) is 0.240. The van der Waals surface area contributed by atoms with E-state index >= 15 is 0 Å². The number of aromatic nitrogens is 1. The van der Waals surface area contributed by atoms with Crippen LogP contribution in [0.25, 0.3) is 16.5 Å². The van der Waals surface area contributed by atoms with Crippen molar-refractivity contribution in [2.24, 2.45) is 0 Å². The van der Waals surface area contributed by atoms with E-state index in [2.05, 4.69) is 4.98 Å². The van der Waals surface area contributed by atoms with Gasteiger partial charge in [-0.05, 0) is 55.2 Å². The summed E-state index contributed by atoms with van der Waals surface area (Å²) >= 11 is 0. The molecule has 32 heavy (non-hydrogen) atoms. The second-order valence-electron chi connectivity index (χ2n) is 7.98. The zero-order valence-electron chi connectivity index (χ0n) is 18.3. The van der Waals surface area contributed by atoms with Crippen LogP contribution in [0, 0.1) is 0 Å². The molecule has 1 aliphatic rings. The summed E-state index contributed by atoms with van der Waals surface area (Å²) in [5, 5.41) is 13.0. The van der Waals surface area contributed by atoms with Crippen LogP contribution in [0.1, 0.15) is 17.3 Å². The van der Waals surface area contributed by atoms with Gasteiger partial charge >= 0.3 is 0 Å². The summed E-state index contributed by atoms with van der Waals surface area (Å²) in [5.41, 5.74) is 1.06. The Morgan fingerprint density at radius 1 is 1.09 bits per heavy atom. The Kier molecular flexibility index (Phi) is 5.92. The Hall–Kier alpha value is -3.71. The molecule has 7 nitrogen and oxygen atoms in total. The Labute approximate surface area is 186 Å². The lowest BCUT2D eigenvalue weighted by atomic mass is 9.97. The predicted octanol–water partition coefficient (Wildman–Crippen LogP) is 3.23. The Morgan fingerprint density at radius 2 is 1.84 bits per heavy atom. The second-order valence-corrected chi connectivity index (χ2v) is 7.98. The SMILES string of the molecule is COc1ccc2cc(/C(O)=C3\C(=O)C(=O)N(CCN(C)C)C3c3ccccn3)ccc2c1. The van der Waals surface area contributed by atoms with Crippen LogP contribution in [0.4, 0.5) is 0 Å². The number of nitrogens with zero attached hydrogens (tertiary/aromatic N) is 3. The van der Waals surface area contributed by atoms with Gasteiger partial charge in [0.15, 0.2) is 0 Å². The van der Waals surface area contributed by atoms with E-state index in [0.29, 0.717) is 24.3 Å². The topological polar surface area (TPSA) is 83.0 Å². The van der Waals surface area contributed by atoms with Gasteiger partial charge in [0.05, 0.1) is 18.4 Å². The molecular formula is C25H25N3O4. The maximum Gasteiger partial charge on any atom is 0.295 e. The smallest absolute Gasteiger partial charge is 0.295 e. The van der Waals surface area contributed by atoms with Gasteiger partial charge < -0.3 is 19.6 Å². The molecule has 164 valence electrons. The normalized spacial score (nSPS) is 18.0. The van der Waals surface area contributed by atoms with Gasteiger partial charge in [-0.25, -0.2) is 0 Å². The molecule has 0 radical (unpaired) electrons. The molecule has 1 atom stereocenters. The van der Waals surface area contributed by atoms with Crippen LogP contribution in [-0.4, -0.2) is 65.9 Å². The zero-order valence-corrected chi connectivity index (χ0v) is 18.3. The van der Waals surface area contributed by atoms with Crippen LogP contribution in [0.2, 0.25) is 0 Å². The summed E-state index contributed by atoms with van der Waals surface area (Å²) in [4.78, 5) is 33.7. The molecule has 1 amide bonds. The molecule has 2 heterocycles. The summed E-state index contributed by atoms with van der Waals surface area (Å²) in [7, 11) is 5.40. The van der Waals surface area contributed by atoms with E-state index in [1.54, 1.807) is 43.6 Å². The van der Waals surface area contributed by atoms with E-state index in [4.69, 9.17) is 4.74 Å². The number of likely N-dealkylation sites (tertiary alicyclic amines) is 1. The number of pyridine rings is 1. The van der Waals surface area contributed by atoms with Crippen molar-refractivity contribution in [2.45, 2.75) is 6.04 Å². The molecule has 2 aromatic carbocycles. The molecule has 1 unspecified atom stereocenters. The number of ether oxygens (including phenoxy) is 1. The van der Waals surface area contributed by atoms with Crippen molar-refractivity contribution < 1.29 is 19.4 Å². The van der Waals surface area contributed by atoms with E-state index < -0.39 is 17.7 Å². The summed E-state index contributed by atoms with van der Waals surface area (Å²) in [6.07, 6.45) is 1.62. The van der Waals surface area contributed by atoms with Crippen LogP contribution >= 0.6 is 0 Å². The van der Waals surface area contributed by atoms with Crippen molar-refractivity contribution in [3.05, 3.63) is 77.6 Å². The average molecular weight is 431 g/mol. The van der Waals surface area contributed by atoms with Crippen LogP contribution < -0.4 is 4.74 Å². The highest BCUT2D eigenvalue weighted by molar-refractivity contribution is 6.46. The Morgan fingerprint density at radius 3 is 2.53 bits per heavy atom. The lowest BCUT2D eigenvalue weighted by molar-refractivity contribution is -0.140. The van der Waals surface area contributed by atoms with E-state index in [-0.39, 0.29) is 11.3 Å². The molecule has 1 aliphatic heterocycles. The van der Waals surface area contributed by atoms with Crippen LogP contribution in [0.3, 0.4) is 0 Å². The molecule has 1 fully saturated rings. The minimum atomic E-state index is -0.747. The maximum atomic E-state index is 13.0. The van der Waals surface area contributed by atoms with E-state index in [9.17, 15) is 14.7 Å². The number of hydrogen-bond acceptors (Lipinski definition) is 6. The quantitative estimate of drug-likeness (QED) is 0.367.